The Labute approximate surface area is 104 Å². The molecule has 0 aliphatic heterocycles. The van der Waals surface area contributed by atoms with E-state index in [1.54, 1.807) is 0 Å². The highest BCUT2D eigenvalue weighted by molar-refractivity contribution is 7.45. The van der Waals surface area contributed by atoms with E-state index >= 15 is 0 Å². The summed E-state index contributed by atoms with van der Waals surface area (Å²) in [5, 5.41) is 0. The molecule has 0 N–H and O–H groups in total. The van der Waals surface area contributed by atoms with Gasteiger partial charge in [0.15, 0.2) is 0 Å². The minimum absolute atomic E-state index is 0.00183. The standard InChI is InChI=1S/C10H24NO5P/c1-6-10(14-5)9-16-17(12,13)15-8-7-11(2,3)4/h10H,6-9H2,1-5H3. The maximum Gasteiger partial charge on any atom is 0.268 e. The van der Waals surface area contributed by atoms with E-state index < -0.39 is 7.82 Å². The van der Waals surface area contributed by atoms with E-state index in [9.17, 15) is 9.46 Å². The minimum Gasteiger partial charge on any atom is -0.756 e. The second-order valence-corrected chi connectivity index (χ2v) is 6.27. The van der Waals surface area contributed by atoms with E-state index in [-0.39, 0.29) is 19.3 Å². The number of phosphoric acid groups is 1. The first-order chi connectivity index (χ1) is 7.70. The number of phosphoric ester groups is 1. The highest BCUT2D eigenvalue weighted by Crippen LogP contribution is 2.38. The zero-order chi connectivity index (χ0) is 13.5. The topological polar surface area (TPSA) is 67.8 Å². The number of hydrogen-bond acceptors (Lipinski definition) is 5. The van der Waals surface area contributed by atoms with E-state index in [4.69, 9.17) is 13.8 Å². The van der Waals surface area contributed by atoms with Crippen molar-refractivity contribution < 1.29 is 27.7 Å². The third-order valence-corrected chi connectivity index (χ3v) is 3.18. The molecule has 0 heterocycles. The molecule has 0 aromatic carbocycles. The predicted octanol–water partition coefficient (Wildman–Crippen LogP) is 0.619. The minimum atomic E-state index is -4.20. The molecule has 104 valence electrons. The van der Waals surface area contributed by atoms with Gasteiger partial charge in [-0.25, -0.2) is 0 Å². The molecular weight excluding hydrogens is 245 g/mol. The molecule has 6 nitrogen and oxygen atoms in total. The van der Waals surface area contributed by atoms with Gasteiger partial charge in [-0.1, -0.05) is 6.92 Å². The van der Waals surface area contributed by atoms with Crippen LogP contribution in [0.5, 0.6) is 0 Å². The Morgan fingerprint density at radius 2 is 1.88 bits per heavy atom. The molecule has 0 amide bonds. The van der Waals surface area contributed by atoms with E-state index in [2.05, 4.69) is 0 Å². The predicted molar refractivity (Wildman–Crippen MR) is 63.5 cm³/mol. The van der Waals surface area contributed by atoms with Crippen molar-refractivity contribution in [1.82, 2.24) is 0 Å². The van der Waals surface area contributed by atoms with Gasteiger partial charge in [0.25, 0.3) is 7.82 Å². The maximum absolute atomic E-state index is 11.4. The number of likely N-dealkylation sites (N-methyl/N-ethyl adjacent to an activating group) is 1. The lowest BCUT2D eigenvalue weighted by atomic mass is 10.3. The van der Waals surface area contributed by atoms with Crippen molar-refractivity contribution in [2.24, 2.45) is 0 Å². The largest absolute Gasteiger partial charge is 0.756 e. The zero-order valence-electron chi connectivity index (χ0n) is 11.3. The molecule has 0 saturated heterocycles. The van der Waals surface area contributed by atoms with Crippen LogP contribution < -0.4 is 4.89 Å². The fourth-order valence-electron chi connectivity index (χ4n) is 0.991. The van der Waals surface area contributed by atoms with Crippen LogP contribution in [0.1, 0.15) is 13.3 Å². The van der Waals surface area contributed by atoms with Crippen molar-refractivity contribution in [2.45, 2.75) is 19.4 Å². The smallest absolute Gasteiger partial charge is 0.268 e. The van der Waals surface area contributed by atoms with Crippen LogP contribution in [0.2, 0.25) is 0 Å². The van der Waals surface area contributed by atoms with Crippen molar-refractivity contribution in [3.63, 3.8) is 0 Å². The van der Waals surface area contributed by atoms with E-state index in [1.165, 1.54) is 7.11 Å². The van der Waals surface area contributed by atoms with Crippen molar-refractivity contribution in [2.75, 3.05) is 48.0 Å². The highest BCUT2D eigenvalue weighted by Gasteiger charge is 2.15. The van der Waals surface area contributed by atoms with Crippen LogP contribution in [-0.4, -0.2) is 58.6 Å². The van der Waals surface area contributed by atoms with Gasteiger partial charge in [0.2, 0.25) is 0 Å². The highest BCUT2D eigenvalue weighted by atomic mass is 31.2. The number of ether oxygens (including phenoxy) is 1. The molecule has 0 radical (unpaired) electrons. The van der Waals surface area contributed by atoms with Crippen molar-refractivity contribution >= 4 is 7.82 Å². The van der Waals surface area contributed by atoms with Gasteiger partial charge >= 0.3 is 0 Å². The van der Waals surface area contributed by atoms with Crippen LogP contribution in [0.4, 0.5) is 0 Å². The summed E-state index contributed by atoms with van der Waals surface area (Å²) in [6, 6.07) is 0. The summed E-state index contributed by atoms with van der Waals surface area (Å²) in [4.78, 5) is 11.4. The molecule has 17 heavy (non-hydrogen) atoms. The third kappa shape index (κ3) is 9.71. The van der Waals surface area contributed by atoms with Gasteiger partial charge in [0.05, 0.1) is 33.9 Å². The summed E-state index contributed by atoms with van der Waals surface area (Å²) in [6.45, 7) is 2.61. The lowest BCUT2D eigenvalue weighted by molar-refractivity contribution is -0.870. The summed E-state index contributed by atoms with van der Waals surface area (Å²) in [5.41, 5.74) is 0. The quantitative estimate of drug-likeness (QED) is 0.453. The molecular formula is C10H24NO5P. The Bertz CT molecular complexity index is 250. The molecule has 0 aromatic rings. The van der Waals surface area contributed by atoms with Crippen molar-refractivity contribution in [3.8, 4) is 0 Å². The lowest BCUT2D eigenvalue weighted by Crippen LogP contribution is -2.37. The number of rotatable bonds is 9. The molecule has 0 saturated carbocycles. The monoisotopic (exact) mass is 269 g/mol. The summed E-state index contributed by atoms with van der Waals surface area (Å²) >= 11 is 0. The van der Waals surface area contributed by atoms with Gasteiger partial charge < -0.3 is 23.2 Å². The Kier molecular flexibility index (Phi) is 7.47. The maximum atomic E-state index is 11.4. The van der Waals surface area contributed by atoms with Crippen LogP contribution in [0, 0.1) is 0 Å². The fourth-order valence-corrected chi connectivity index (χ4v) is 1.72. The summed E-state index contributed by atoms with van der Waals surface area (Å²) < 4.78 is 26.5. The molecule has 0 rings (SSSR count). The molecule has 0 aromatic heterocycles. The average molecular weight is 269 g/mol. The van der Waals surface area contributed by atoms with Crippen LogP contribution in [0.25, 0.3) is 0 Å². The molecule has 0 aliphatic rings. The van der Waals surface area contributed by atoms with E-state index in [0.29, 0.717) is 17.4 Å². The van der Waals surface area contributed by atoms with E-state index in [1.807, 2.05) is 28.1 Å². The van der Waals surface area contributed by atoms with Crippen LogP contribution >= 0.6 is 7.82 Å². The fraction of sp³-hybridized carbons (Fsp3) is 1.00. The van der Waals surface area contributed by atoms with Crippen LogP contribution in [0.15, 0.2) is 0 Å². The van der Waals surface area contributed by atoms with Gasteiger partial charge in [0, 0.05) is 7.11 Å². The number of methoxy groups -OCH3 is 1. The first kappa shape index (κ1) is 17.0. The SMILES string of the molecule is CCC(COP(=O)([O-])OCC[N+](C)(C)C)OC. The van der Waals surface area contributed by atoms with Gasteiger partial charge in [-0.2, -0.15) is 0 Å². The average Bonchev–Trinajstić information content (AvgIpc) is 2.16. The summed E-state index contributed by atoms with van der Waals surface area (Å²) in [6.07, 6.45) is 0.467. The first-order valence-electron chi connectivity index (χ1n) is 5.63. The summed E-state index contributed by atoms with van der Waals surface area (Å²) in [5.74, 6) is 0. The van der Waals surface area contributed by atoms with Crippen molar-refractivity contribution in [1.29, 1.82) is 0 Å². The van der Waals surface area contributed by atoms with Gasteiger partial charge in [0.1, 0.15) is 13.2 Å². The molecule has 2 unspecified atom stereocenters. The van der Waals surface area contributed by atoms with Gasteiger partial charge in [-0.3, -0.25) is 4.57 Å². The lowest BCUT2D eigenvalue weighted by Gasteiger charge is -2.28. The zero-order valence-corrected chi connectivity index (χ0v) is 12.2. The molecule has 2 atom stereocenters. The molecule has 0 aliphatic carbocycles. The Morgan fingerprint density at radius 3 is 2.29 bits per heavy atom. The molecule has 0 bridgehead atoms. The first-order valence-corrected chi connectivity index (χ1v) is 7.09. The third-order valence-electron chi connectivity index (χ3n) is 2.22. The van der Waals surface area contributed by atoms with Gasteiger partial charge in [-0.15, -0.1) is 0 Å². The summed E-state index contributed by atoms with van der Waals surface area (Å²) in [7, 11) is 3.19. The normalized spacial score (nSPS) is 17.8. The molecule has 0 fully saturated rings. The molecule has 7 heteroatoms. The number of hydrogen-bond donors (Lipinski definition) is 0. The Hall–Kier alpha value is 0.0300. The Balaban J connectivity index is 3.92. The van der Waals surface area contributed by atoms with Crippen molar-refractivity contribution in [3.05, 3.63) is 0 Å². The van der Waals surface area contributed by atoms with Crippen LogP contribution in [0.3, 0.4) is 0 Å². The number of nitrogens with zero attached hydrogens (tertiary/aromatic N) is 1. The van der Waals surface area contributed by atoms with Gasteiger partial charge in [-0.05, 0) is 6.42 Å². The van der Waals surface area contributed by atoms with Crippen LogP contribution in [-0.2, 0) is 18.3 Å². The second kappa shape index (κ2) is 7.46. The Morgan fingerprint density at radius 1 is 1.29 bits per heavy atom. The molecule has 0 spiro atoms. The van der Waals surface area contributed by atoms with E-state index in [0.717, 1.165) is 0 Å². The number of quaternary nitrogens is 1. The second-order valence-electron chi connectivity index (χ2n) is 4.86.